The van der Waals surface area contributed by atoms with Gasteiger partial charge in [0, 0.05) is 10.6 Å². The van der Waals surface area contributed by atoms with Gasteiger partial charge in [-0.1, -0.05) is 41.4 Å². The van der Waals surface area contributed by atoms with Crippen LogP contribution in [-0.2, 0) is 14.9 Å². The van der Waals surface area contributed by atoms with E-state index in [2.05, 4.69) is 10.5 Å². The molecule has 0 atom stereocenters. The van der Waals surface area contributed by atoms with Crippen molar-refractivity contribution < 1.29 is 22.1 Å². The molecule has 0 unspecified atom stereocenters. The molecule has 0 radical (unpaired) electrons. The van der Waals surface area contributed by atoms with Crippen molar-refractivity contribution in [1.82, 2.24) is 5.43 Å². The summed E-state index contributed by atoms with van der Waals surface area (Å²) in [6.45, 7) is 1.61. The second-order valence-electron chi connectivity index (χ2n) is 6.42. The molecule has 1 N–H and O–H groups in total. The van der Waals surface area contributed by atoms with Crippen molar-refractivity contribution in [2.45, 2.75) is 11.8 Å². The van der Waals surface area contributed by atoms with Crippen LogP contribution in [0.15, 0.2) is 82.8 Å². The molecule has 0 spiro atoms. The third kappa shape index (κ3) is 6.56. The number of para-hydroxylation sites is 1. The minimum atomic E-state index is -4.01. The van der Waals surface area contributed by atoms with E-state index in [0.717, 1.165) is 5.56 Å². The first-order chi connectivity index (χ1) is 14.8. The lowest BCUT2D eigenvalue weighted by Gasteiger charge is -2.09. The molecule has 3 aromatic carbocycles. The third-order valence-corrected chi connectivity index (χ3v) is 5.51. The van der Waals surface area contributed by atoms with Gasteiger partial charge in [0.25, 0.3) is 5.91 Å². The van der Waals surface area contributed by atoms with Crippen molar-refractivity contribution in [1.29, 1.82) is 0 Å². The molecule has 0 aliphatic heterocycles. The van der Waals surface area contributed by atoms with Gasteiger partial charge in [-0.2, -0.15) is 13.5 Å². The molecule has 9 heteroatoms. The molecule has 0 saturated carbocycles. The van der Waals surface area contributed by atoms with E-state index in [-0.39, 0.29) is 17.3 Å². The fourth-order valence-corrected chi connectivity index (χ4v) is 3.50. The first-order valence-electron chi connectivity index (χ1n) is 9.14. The summed E-state index contributed by atoms with van der Waals surface area (Å²) in [5.41, 5.74) is 3.62. The van der Waals surface area contributed by atoms with Crippen molar-refractivity contribution in [3.8, 4) is 11.5 Å². The lowest BCUT2D eigenvalue weighted by molar-refractivity contribution is -0.123. The number of benzene rings is 3. The fourth-order valence-electron chi connectivity index (χ4n) is 2.42. The Kier molecular flexibility index (Phi) is 7.28. The normalized spacial score (nSPS) is 11.3. The zero-order valence-corrected chi connectivity index (χ0v) is 18.1. The number of carbonyl (C=O) groups excluding carboxylic acids is 1. The summed E-state index contributed by atoms with van der Waals surface area (Å²) in [6.07, 6.45) is 1.29. The van der Waals surface area contributed by atoms with Gasteiger partial charge in [-0.25, -0.2) is 5.43 Å². The molecular formula is C22H19ClN2O5S. The Balaban J connectivity index is 1.62. The van der Waals surface area contributed by atoms with Gasteiger partial charge in [0.1, 0.15) is 10.6 Å². The number of carbonyl (C=O) groups is 1. The van der Waals surface area contributed by atoms with Gasteiger partial charge in [0.15, 0.2) is 12.4 Å². The van der Waals surface area contributed by atoms with Crippen LogP contribution in [0.4, 0.5) is 0 Å². The molecule has 0 heterocycles. The van der Waals surface area contributed by atoms with Gasteiger partial charge >= 0.3 is 10.1 Å². The highest BCUT2D eigenvalue weighted by Crippen LogP contribution is 2.22. The van der Waals surface area contributed by atoms with Crippen molar-refractivity contribution in [2.24, 2.45) is 5.10 Å². The molecule has 3 rings (SSSR count). The molecule has 0 bridgehead atoms. The van der Waals surface area contributed by atoms with Crippen LogP contribution in [-0.4, -0.2) is 27.1 Å². The van der Waals surface area contributed by atoms with Crippen LogP contribution in [0.2, 0.25) is 5.02 Å². The summed E-state index contributed by atoms with van der Waals surface area (Å²) in [4.78, 5) is 11.9. The number of nitrogens with one attached hydrogen (secondary N) is 1. The second-order valence-corrected chi connectivity index (χ2v) is 8.41. The highest BCUT2D eigenvalue weighted by Gasteiger charge is 2.17. The van der Waals surface area contributed by atoms with Crippen LogP contribution in [0.25, 0.3) is 0 Å². The Labute approximate surface area is 185 Å². The summed E-state index contributed by atoms with van der Waals surface area (Å²) in [5.74, 6) is 0.0824. The fraction of sp³-hybridized carbons (Fsp3) is 0.0909. The van der Waals surface area contributed by atoms with E-state index in [4.69, 9.17) is 20.5 Å². The average Bonchev–Trinajstić information content (AvgIpc) is 2.75. The molecular weight excluding hydrogens is 440 g/mol. The average molecular weight is 459 g/mol. The Hall–Kier alpha value is -3.36. The number of amides is 1. The van der Waals surface area contributed by atoms with E-state index in [9.17, 15) is 13.2 Å². The second kappa shape index (κ2) is 10.1. The number of hydrogen-bond donors (Lipinski definition) is 1. The Morgan fingerprint density at radius 1 is 1.03 bits per heavy atom. The van der Waals surface area contributed by atoms with E-state index < -0.39 is 16.0 Å². The van der Waals surface area contributed by atoms with E-state index in [1.807, 2.05) is 6.92 Å². The number of hydrazone groups is 1. The number of ether oxygens (including phenoxy) is 1. The standard InChI is InChI=1S/C22H19ClN2O5S/c1-16-6-12-20(13-7-16)31(27,28)30-21-5-3-2-4-17(21)14-24-25-22(26)15-29-19-10-8-18(23)9-11-19/h2-14H,15H2,1H3,(H,25,26)/b24-14-. The first-order valence-corrected chi connectivity index (χ1v) is 10.9. The molecule has 0 aliphatic carbocycles. The summed E-state index contributed by atoms with van der Waals surface area (Å²) in [6, 6.07) is 19.3. The van der Waals surface area contributed by atoms with Gasteiger partial charge in [0.2, 0.25) is 0 Å². The van der Waals surface area contributed by atoms with Crippen molar-refractivity contribution >= 4 is 33.8 Å². The maximum Gasteiger partial charge on any atom is 0.339 e. The van der Waals surface area contributed by atoms with Crippen LogP contribution >= 0.6 is 11.6 Å². The molecule has 0 aliphatic rings. The largest absolute Gasteiger partial charge is 0.484 e. The number of nitrogens with zero attached hydrogens (tertiary/aromatic N) is 1. The molecule has 0 fully saturated rings. The lowest BCUT2D eigenvalue weighted by Crippen LogP contribution is -2.24. The highest BCUT2D eigenvalue weighted by molar-refractivity contribution is 7.87. The summed E-state index contributed by atoms with van der Waals surface area (Å²) in [5, 5.41) is 4.40. The third-order valence-electron chi connectivity index (χ3n) is 4.00. The summed E-state index contributed by atoms with van der Waals surface area (Å²) >= 11 is 5.79. The van der Waals surface area contributed by atoms with E-state index in [0.29, 0.717) is 16.3 Å². The highest BCUT2D eigenvalue weighted by atomic mass is 35.5. The van der Waals surface area contributed by atoms with Crippen molar-refractivity contribution in [3.63, 3.8) is 0 Å². The molecule has 7 nitrogen and oxygen atoms in total. The zero-order chi connectivity index (χ0) is 22.3. The maximum absolute atomic E-state index is 12.5. The van der Waals surface area contributed by atoms with Gasteiger partial charge < -0.3 is 8.92 Å². The first kappa shape index (κ1) is 22.3. The van der Waals surface area contributed by atoms with Crippen LogP contribution in [0.5, 0.6) is 11.5 Å². The molecule has 31 heavy (non-hydrogen) atoms. The monoisotopic (exact) mass is 458 g/mol. The summed E-state index contributed by atoms with van der Waals surface area (Å²) in [7, 11) is -4.01. The Morgan fingerprint density at radius 3 is 2.42 bits per heavy atom. The van der Waals surface area contributed by atoms with Crippen LogP contribution in [0.3, 0.4) is 0 Å². The maximum atomic E-state index is 12.5. The Bertz CT molecular complexity index is 1180. The molecule has 160 valence electrons. The lowest BCUT2D eigenvalue weighted by atomic mass is 10.2. The van der Waals surface area contributed by atoms with Crippen LogP contribution in [0, 0.1) is 6.92 Å². The van der Waals surface area contributed by atoms with Gasteiger partial charge in [-0.05, 0) is 55.5 Å². The van der Waals surface area contributed by atoms with Gasteiger partial charge in [0.05, 0.1) is 6.21 Å². The zero-order valence-electron chi connectivity index (χ0n) is 16.5. The van der Waals surface area contributed by atoms with Crippen molar-refractivity contribution in [2.75, 3.05) is 6.61 Å². The quantitative estimate of drug-likeness (QED) is 0.313. The smallest absolute Gasteiger partial charge is 0.339 e. The SMILES string of the molecule is Cc1ccc(S(=O)(=O)Oc2ccccc2/C=N\NC(=O)COc2ccc(Cl)cc2)cc1. The van der Waals surface area contributed by atoms with Gasteiger partial charge in [-0.3, -0.25) is 4.79 Å². The van der Waals surface area contributed by atoms with Crippen LogP contribution < -0.4 is 14.3 Å². The minimum Gasteiger partial charge on any atom is -0.484 e. The summed E-state index contributed by atoms with van der Waals surface area (Å²) < 4.78 is 35.6. The predicted octanol–water partition coefficient (Wildman–Crippen LogP) is 3.95. The van der Waals surface area contributed by atoms with E-state index >= 15 is 0 Å². The molecule has 3 aromatic rings. The number of hydrogen-bond acceptors (Lipinski definition) is 6. The number of rotatable bonds is 8. The minimum absolute atomic E-state index is 0.0393. The molecule has 1 amide bonds. The van der Waals surface area contributed by atoms with Crippen molar-refractivity contribution in [3.05, 3.63) is 88.9 Å². The number of aryl methyl sites for hydroxylation is 1. The Morgan fingerprint density at radius 2 is 1.71 bits per heavy atom. The molecule has 0 aromatic heterocycles. The number of halogens is 1. The predicted molar refractivity (Wildman–Crippen MR) is 118 cm³/mol. The molecule has 0 saturated heterocycles. The van der Waals surface area contributed by atoms with Gasteiger partial charge in [-0.15, -0.1) is 0 Å². The topological polar surface area (TPSA) is 94.1 Å². The van der Waals surface area contributed by atoms with E-state index in [1.165, 1.54) is 24.4 Å². The van der Waals surface area contributed by atoms with E-state index in [1.54, 1.807) is 54.6 Å². The van der Waals surface area contributed by atoms with Crippen LogP contribution in [0.1, 0.15) is 11.1 Å².